The maximum Gasteiger partial charge on any atom is 0.306 e. The van der Waals surface area contributed by atoms with E-state index in [1.54, 1.807) is 12.1 Å². The number of halogens is 1. The van der Waals surface area contributed by atoms with Crippen molar-refractivity contribution in [3.8, 4) is 0 Å². The third-order valence-electron chi connectivity index (χ3n) is 2.96. The van der Waals surface area contributed by atoms with E-state index in [-0.39, 0.29) is 12.5 Å². The molecule has 1 rings (SSSR count). The molecule has 0 amide bonds. The number of hydrogen-bond acceptors (Lipinski definition) is 2. The lowest BCUT2D eigenvalue weighted by Crippen LogP contribution is -2.16. The van der Waals surface area contributed by atoms with Crippen LogP contribution in [0.2, 0.25) is 5.02 Å². The van der Waals surface area contributed by atoms with Gasteiger partial charge in [0.2, 0.25) is 0 Å². The second-order valence-electron chi connectivity index (χ2n) is 4.44. The zero-order chi connectivity index (χ0) is 13.4. The molecule has 100 valence electrons. The normalized spacial score (nSPS) is 12.3. The quantitative estimate of drug-likeness (QED) is 0.714. The van der Waals surface area contributed by atoms with Gasteiger partial charge in [0.05, 0.1) is 5.92 Å². The molecule has 0 saturated carbocycles. The van der Waals surface area contributed by atoms with Crippen LogP contribution in [-0.4, -0.2) is 22.8 Å². The first kappa shape index (κ1) is 15.0. The van der Waals surface area contributed by atoms with Gasteiger partial charge < -0.3 is 10.2 Å². The topological polar surface area (TPSA) is 57.5 Å². The SMILES string of the molecule is O=C(O)C(CCCCCO)Cc1ccc(Cl)cc1. The summed E-state index contributed by atoms with van der Waals surface area (Å²) in [5.41, 5.74) is 0.994. The summed E-state index contributed by atoms with van der Waals surface area (Å²) in [5.74, 6) is -1.11. The fraction of sp³-hybridized carbons (Fsp3) is 0.500. The molecule has 0 heterocycles. The molecule has 2 N–H and O–H groups in total. The fourth-order valence-electron chi connectivity index (χ4n) is 1.90. The lowest BCUT2D eigenvalue weighted by molar-refractivity contribution is -0.142. The summed E-state index contributed by atoms with van der Waals surface area (Å²) in [6.07, 6.45) is 3.64. The van der Waals surface area contributed by atoms with Crippen LogP contribution in [0.5, 0.6) is 0 Å². The van der Waals surface area contributed by atoms with Crippen molar-refractivity contribution in [2.45, 2.75) is 32.1 Å². The first-order valence-electron chi connectivity index (χ1n) is 6.21. The molecular weight excluding hydrogens is 252 g/mol. The zero-order valence-corrected chi connectivity index (χ0v) is 11.1. The van der Waals surface area contributed by atoms with Crippen LogP contribution in [0.25, 0.3) is 0 Å². The third kappa shape index (κ3) is 5.52. The summed E-state index contributed by atoms with van der Waals surface area (Å²) in [6.45, 7) is 0.176. The van der Waals surface area contributed by atoms with Crippen molar-refractivity contribution >= 4 is 17.6 Å². The molecule has 0 radical (unpaired) electrons. The lowest BCUT2D eigenvalue weighted by atomic mass is 9.94. The molecule has 0 spiro atoms. The standard InChI is InChI=1S/C14H19ClO3/c15-13-7-5-11(6-8-13)10-12(14(17)18)4-2-1-3-9-16/h5-8,12,16H,1-4,9-10H2,(H,17,18). The molecule has 1 aromatic carbocycles. The highest BCUT2D eigenvalue weighted by molar-refractivity contribution is 6.30. The van der Waals surface area contributed by atoms with Gasteiger partial charge in [-0.2, -0.15) is 0 Å². The summed E-state index contributed by atoms with van der Waals surface area (Å²) in [5, 5.41) is 18.5. The number of benzene rings is 1. The summed E-state index contributed by atoms with van der Waals surface area (Å²) >= 11 is 5.79. The predicted molar refractivity (Wildman–Crippen MR) is 71.8 cm³/mol. The lowest BCUT2D eigenvalue weighted by Gasteiger charge is -2.12. The van der Waals surface area contributed by atoms with Gasteiger partial charge in [0.25, 0.3) is 0 Å². The molecule has 1 aromatic rings. The third-order valence-corrected chi connectivity index (χ3v) is 3.21. The van der Waals surface area contributed by atoms with E-state index in [9.17, 15) is 9.90 Å². The van der Waals surface area contributed by atoms with E-state index in [1.165, 1.54) is 0 Å². The molecule has 3 nitrogen and oxygen atoms in total. The number of aliphatic hydroxyl groups excluding tert-OH is 1. The second kappa shape index (κ2) is 8.11. The fourth-order valence-corrected chi connectivity index (χ4v) is 2.02. The minimum Gasteiger partial charge on any atom is -0.481 e. The van der Waals surface area contributed by atoms with Gasteiger partial charge in [-0.1, -0.05) is 36.6 Å². The summed E-state index contributed by atoms with van der Waals surface area (Å²) < 4.78 is 0. The maximum absolute atomic E-state index is 11.2. The van der Waals surface area contributed by atoms with Gasteiger partial charge >= 0.3 is 5.97 Å². The highest BCUT2D eigenvalue weighted by atomic mass is 35.5. The van der Waals surface area contributed by atoms with Crippen LogP contribution < -0.4 is 0 Å². The van der Waals surface area contributed by atoms with Crippen LogP contribution in [0.1, 0.15) is 31.2 Å². The first-order valence-corrected chi connectivity index (χ1v) is 6.59. The van der Waals surface area contributed by atoms with Crippen molar-refractivity contribution in [2.75, 3.05) is 6.61 Å². The number of aliphatic hydroxyl groups is 1. The monoisotopic (exact) mass is 270 g/mol. The Kier molecular flexibility index (Phi) is 6.76. The highest BCUT2D eigenvalue weighted by Crippen LogP contribution is 2.18. The van der Waals surface area contributed by atoms with E-state index in [0.717, 1.165) is 24.8 Å². The Bertz CT molecular complexity index is 362. The van der Waals surface area contributed by atoms with E-state index >= 15 is 0 Å². The smallest absolute Gasteiger partial charge is 0.306 e. The number of hydrogen-bond donors (Lipinski definition) is 2. The Labute approximate surface area is 112 Å². The molecule has 1 unspecified atom stereocenters. The van der Waals surface area contributed by atoms with E-state index in [0.29, 0.717) is 17.9 Å². The zero-order valence-electron chi connectivity index (χ0n) is 10.3. The number of carboxylic acid groups (broad SMARTS) is 1. The number of carbonyl (C=O) groups is 1. The minimum absolute atomic E-state index is 0.176. The maximum atomic E-state index is 11.2. The molecule has 0 fully saturated rings. The number of rotatable bonds is 8. The van der Waals surface area contributed by atoms with Gasteiger partial charge in [-0.05, 0) is 37.0 Å². The van der Waals surface area contributed by atoms with Crippen LogP contribution >= 0.6 is 11.6 Å². The number of unbranched alkanes of at least 4 members (excludes halogenated alkanes) is 2. The molecule has 1 atom stereocenters. The van der Waals surface area contributed by atoms with E-state index in [1.807, 2.05) is 12.1 Å². The van der Waals surface area contributed by atoms with Crippen LogP contribution in [-0.2, 0) is 11.2 Å². The van der Waals surface area contributed by atoms with Gasteiger partial charge in [0.15, 0.2) is 0 Å². The molecule has 0 saturated heterocycles. The molecular formula is C14H19ClO3. The van der Waals surface area contributed by atoms with Crippen LogP contribution in [0.3, 0.4) is 0 Å². The number of aliphatic carboxylic acids is 1. The summed E-state index contributed by atoms with van der Waals surface area (Å²) in [4.78, 5) is 11.2. The molecule has 0 aromatic heterocycles. The molecule has 18 heavy (non-hydrogen) atoms. The van der Waals surface area contributed by atoms with E-state index < -0.39 is 5.97 Å². The van der Waals surface area contributed by atoms with Gasteiger partial charge in [-0.25, -0.2) is 0 Å². The van der Waals surface area contributed by atoms with Crippen LogP contribution in [0, 0.1) is 5.92 Å². The Hall–Kier alpha value is -1.06. The average Bonchev–Trinajstić information content (AvgIpc) is 2.35. The first-order chi connectivity index (χ1) is 8.63. The van der Waals surface area contributed by atoms with E-state index in [4.69, 9.17) is 16.7 Å². The van der Waals surface area contributed by atoms with Crippen LogP contribution in [0.4, 0.5) is 0 Å². The van der Waals surface area contributed by atoms with Gasteiger partial charge in [-0.15, -0.1) is 0 Å². The van der Waals surface area contributed by atoms with Crippen molar-refractivity contribution in [1.29, 1.82) is 0 Å². The van der Waals surface area contributed by atoms with Gasteiger partial charge in [-0.3, -0.25) is 4.79 Å². The summed E-state index contributed by atoms with van der Waals surface area (Å²) in [7, 11) is 0. The largest absolute Gasteiger partial charge is 0.481 e. The van der Waals surface area contributed by atoms with Crippen LogP contribution in [0.15, 0.2) is 24.3 Å². The Morgan fingerprint density at radius 1 is 1.17 bits per heavy atom. The average molecular weight is 271 g/mol. The van der Waals surface area contributed by atoms with Crippen molar-refractivity contribution < 1.29 is 15.0 Å². The minimum atomic E-state index is -0.756. The molecule has 0 aliphatic rings. The number of carboxylic acids is 1. The van der Waals surface area contributed by atoms with Crippen molar-refractivity contribution in [3.63, 3.8) is 0 Å². The molecule has 4 heteroatoms. The Morgan fingerprint density at radius 2 is 1.83 bits per heavy atom. The molecule has 0 bridgehead atoms. The van der Waals surface area contributed by atoms with Crippen molar-refractivity contribution in [2.24, 2.45) is 5.92 Å². The molecule has 0 aliphatic carbocycles. The van der Waals surface area contributed by atoms with Crippen molar-refractivity contribution in [1.82, 2.24) is 0 Å². The molecule has 0 aliphatic heterocycles. The second-order valence-corrected chi connectivity index (χ2v) is 4.88. The van der Waals surface area contributed by atoms with Gasteiger partial charge in [0.1, 0.15) is 0 Å². The summed E-state index contributed by atoms with van der Waals surface area (Å²) in [6, 6.07) is 7.29. The Balaban J connectivity index is 2.47. The van der Waals surface area contributed by atoms with Crippen molar-refractivity contribution in [3.05, 3.63) is 34.9 Å². The highest BCUT2D eigenvalue weighted by Gasteiger charge is 2.17. The van der Waals surface area contributed by atoms with E-state index in [2.05, 4.69) is 0 Å². The Morgan fingerprint density at radius 3 is 2.39 bits per heavy atom. The van der Waals surface area contributed by atoms with Gasteiger partial charge in [0, 0.05) is 11.6 Å². The predicted octanol–water partition coefficient (Wildman–Crippen LogP) is 3.14.